The largest absolute Gasteiger partial charge is 0.460 e. The number of aliphatic hydroxyl groups is 2. The molecule has 468 valence electrons. The first-order chi connectivity index (χ1) is 39.4. The van der Waals surface area contributed by atoms with Crippen molar-refractivity contribution < 1.29 is 47.9 Å². The van der Waals surface area contributed by atoms with E-state index in [1.807, 2.05) is 74.4 Å². The number of aryl methyl sites for hydroxylation is 2. The molecule has 11 nitrogen and oxygen atoms in total. The smallest absolute Gasteiger partial charge is 0.407 e. The number of nitrogens with one attached hydrogen (secondary N) is 2. The van der Waals surface area contributed by atoms with Crippen LogP contribution >= 0.6 is 0 Å². The fourth-order valence-electron chi connectivity index (χ4n) is 15.1. The zero-order valence-corrected chi connectivity index (χ0v) is 53.9. The molecule has 1 aliphatic heterocycles. The van der Waals surface area contributed by atoms with Gasteiger partial charge in [0.15, 0.2) is 0 Å². The number of carbonyl (C=O) groups excluding carboxylic acids is 3. The standard InChI is InChI=1S/C24H37NO3.C23H34FNO3.C13H24O2.C12H14O/c1-15-6-8-17(9-7-15)18-13-21(22(26)14-18)19-10-16(2)11-20(12-19)25-23(27)28-24(3,4)5;1-14-9-17(11-19(10-14)25-22(27)28-23(2,3)4)20-12-16(13-21(20)26)15-5-7-18(24)8-6-15;1-10-6-5-7-11(8-10)9-12(14)15-13(2,3)4;1-8-2-4-9(5-3-8)10-6-11-12(7-10)13-11/h6-9,16,18-22,26H,10-14H2,1-5H3,(H,25,27);5-8,14,16-17,19-21,26H,9-13H2,1-4H3,(H,25,27);10-11H,5-9H2,1-4H3;2-5,10-12H,6-7H2,1H3/t16-,18+,19?,20+,21+,22-;14-,16-,17?,19+,20-,21+;10-,11-;10?,11-,12+/m000./s1. The molecule has 7 aliphatic rings. The highest BCUT2D eigenvalue weighted by Gasteiger charge is 2.48. The maximum absolute atomic E-state index is 13.2. The van der Waals surface area contributed by atoms with E-state index in [0.29, 0.717) is 60.1 Å². The minimum Gasteiger partial charge on any atom is -0.460 e. The molecule has 17 atom stereocenters. The molecule has 0 radical (unpaired) electrons. The van der Waals surface area contributed by atoms with Gasteiger partial charge >= 0.3 is 18.2 Å². The number of carbonyl (C=O) groups is 3. The van der Waals surface area contributed by atoms with Crippen molar-refractivity contribution in [2.45, 2.75) is 277 Å². The van der Waals surface area contributed by atoms with Crippen LogP contribution in [0.5, 0.6) is 0 Å². The molecule has 6 saturated carbocycles. The molecule has 0 aromatic heterocycles. The number of epoxide rings is 1. The Morgan fingerprint density at radius 3 is 1.29 bits per heavy atom. The summed E-state index contributed by atoms with van der Waals surface area (Å²) in [5, 5.41) is 27.7. The minimum absolute atomic E-state index is 0.0263. The Kier molecular flexibility index (Phi) is 23.5. The van der Waals surface area contributed by atoms with Crippen LogP contribution in [-0.4, -0.2) is 81.7 Å². The molecule has 12 heteroatoms. The van der Waals surface area contributed by atoms with Crippen LogP contribution in [0.1, 0.15) is 238 Å². The third-order valence-corrected chi connectivity index (χ3v) is 18.8. The lowest BCUT2D eigenvalue weighted by atomic mass is 9.72. The summed E-state index contributed by atoms with van der Waals surface area (Å²) in [6, 6.07) is 24.6. The number of hydrogen-bond donors (Lipinski definition) is 4. The van der Waals surface area contributed by atoms with Crippen LogP contribution in [0.3, 0.4) is 0 Å². The number of alkyl carbamates (subject to hydrolysis) is 2. The van der Waals surface area contributed by atoms with Crippen LogP contribution in [0, 0.1) is 67.0 Å². The van der Waals surface area contributed by atoms with E-state index >= 15 is 0 Å². The summed E-state index contributed by atoms with van der Waals surface area (Å²) in [4.78, 5) is 36.0. The molecule has 3 aromatic carbocycles. The van der Waals surface area contributed by atoms with Crippen molar-refractivity contribution in [1.29, 1.82) is 0 Å². The summed E-state index contributed by atoms with van der Waals surface area (Å²) < 4.78 is 34.8. The van der Waals surface area contributed by atoms with Gasteiger partial charge in [-0.05, 0) is 260 Å². The zero-order valence-electron chi connectivity index (χ0n) is 53.9. The predicted octanol–water partition coefficient (Wildman–Crippen LogP) is 16.4. The second-order valence-corrected chi connectivity index (χ2v) is 30.3. The average molecular weight is 1170 g/mol. The quantitative estimate of drug-likeness (QED) is 0.0931. The molecule has 1 heterocycles. The van der Waals surface area contributed by atoms with Crippen molar-refractivity contribution in [3.05, 3.63) is 106 Å². The third kappa shape index (κ3) is 21.7. The van der Waals surface area contributed by atoms with Gasteiger partial charge < -0.3 is 39.8 Å². The summed E-state index contributed by atoms with van der Waals surface area (Å²) in [6.07, 6.45) is 17.5. The number of esters is 1. The van der Waals surface area contributed by atoms with Crippen molar-refractivity contribution in [3.63, 3.8) is 0 Å². The Bertz CT molecular complexity index is 2410. The molecule has 6 aliphatic carbocycles. The highest BCUT2D eigenvalue weighted by atomic mass is 19.1. The summed E-state index contributed by atoms with van der Waals surface area (Å²) >= 11 is 0. The van der Waals surface area contributed by atoms with Gasteiger partial charge in [0, 0.05) is 18.5 Å². The van der Waals surface area contributed by atoms with Crippen molar-refractivity contribution in [2.75, 3.05) is 0 Å². The number of rotatable bonds is 9. The normalized spacial score (nSPS) is 32.8. The maximum atomic E-state index is 13.2. The molecule has 4 N–H and O–H groups in total. The SMILES string of the molecule is C[C@H]1CC([C@@H]2C[C@H](c3ccc(F)cc3)C[C@H]2O)C[C@H](NC(=O)OC(C)(C)C)C1.C[C@H]1CCC[C@H](CC(=O)OC(C)(C)C)C1.Cc1ccc(C2C[C@@H]3O[C@@H]3C2)cc1.Cc1ccc([C@@H]2C[C@H](C3C[C@H](C)C[C@@H](NC(=O)OC(C)(C)C)C3)[C@@H](O)C2)cc1. The Morgan fingerprint density at radius 2 is 0.893 bits per heavy atom. The van der Waals surface area contributed by atoms with Crippen molar-refractivity contribution in [1.82, 2.24) is 10.6 Å². The van der Waals surface area contributed by atoms with E-state index in [0.717, 1.165) is 81.6 Å². The monoisotopic (exact) mass is 1160 g/mol. The number of hydrogen-bond acceptors (Lipinski definition) is 9. The number of halogens is 1. The number of aliphatic hydroxyl groups excluding tert-OH is 2. The van der Waals surface area contributed by atoms with E-state index in [-0.39, 0.29) is 65.7 Å². The maximum Gasteiger partial charge on any atom is 0.407 e. The van der Waals surface area contributed by atoms with Crippen LogP contribution in [0.25, 0.3) is 0 Å². The van der Waals surface area contributed by atoms with E-state index in [9.17, 15) is 29.0 Å². The van der Waals surface area contributed by atoms with Crippen LogP contribution < -0.4 is 10.6 Å². The Hall–Kier alpha value is -4.52. The zero-order chi connectivity index (χ0) is 61.3. The van der Waals surface area contributed by atoms with Gasteiger partial charge in [0.1, 0.15) is 22.6 Å². The first-order valence-electron chi connectivity index (χ1n) is 32.5. The van der Waals surface area contributed by atoms with E-state index in [1.165, 1.54) is 72.9 Å². The molecule has 3 unspecified atom stereocenters. The van der Waals surface area contributed by atoms with Gasteiger partial charge in [0.25, 0.3) is 0 Å². The third-order valence-electron chi connectivity index (χ3n) is 18.8. The van der Waals surface area contributed by atoms with E-state index < -0.39 is 11.2 Å². The van der Waals surface area contributed by atoms with E-state index in [1.54, 1.807) is 0 Å². The molecule has 7 fully saturated rings. The second-order valence-electron chi connectivity index (χ2n) is 30.3. The predicted molar refractivity (Wildman–Crippen MR) is 333 cm³/mol. The summed E-state index contributed by atoms with van der Waals surface area (Å²) in [5.41, 5.74) is 5.26. The lowest BCUT2D eigenvalue weighted by molar-refractivity contribution is -0.156. The molecular weight excluding hydrogens is 1060 g/mol. The Morgan fingerprint density at radius 1 is 0.500 bits per heavy atom. The van der Waals surface area contributed by atoms with Gasteiger partial charge in [-0.25, -0.2) is 14.0 Å². The number of ether oxygens (including phenoxy) is 4. The summed E-state index contributed by atoms with van der Waals surface area (Å²) in [5.74, 6) is 4.98. The van der Waals surface area contributed by atoms with Gasteiger partial charge in [-0.15, -0.1) is 0 Å². The molecule has 0 bridgehead atoms. The second kappa shape index (κ2) is 29.5. The van der Waals surface area contributed by atoms with Crippen molar-refractivity contribution in [2.24, 2.45) is 47.3 Å². The lowest BCUT2D eigenvalue weighted by Gasteiger charge is -2.38. The number of benzene rings is 3. The van der Waals surface area contributed by atoms with E-state index in [4.69, 9.17) is 18.9 Å². The molecule has 84 heavy (non-hydrogen) atoms. The van der Waals surface area contributed by atoms with E-state index in [2.05, 4.69) is 93.8 Å². The van der Waals surface area contributed by atoms with Crippen molar-refractivity contribution >= 4 is 18.2 Å². The van der Waals surface area contributed by atoms with Gasteiger partial charge in [0.05, 0.1) is 24.4 Å². The Balaban J connectivity index is 0.000000169. The highest BCUT2D eigenvalue weighted by Crippen LogP contribution is 2.49. The first kappa shape index (κ1) is 67.0. The topological polar surface area (TPSA) is 156 Å². The first-order valence-corrected chi connectivity index (χ1v) is 32.5. The van der Waals surface area contributed by atoms with Crippen LogP contribution in [-0.2, 0) is 23.7 Å². The fraction of sp³-hybridized carbons (Fsp3) is 0.708. The van der Waals surface area contributed by atoms with Gasteiger partial charge in [-0.1, -0.05) is 105 Å². The van der Waals surface area contributed by atoms with Gasteiger partial charge in [0.2, 0.25) is 0 Å². The van der Waals surface area contributed by atoms with Gasteiger partial charge in [-0.3, -0.25) is 4.79 Å². The summed E-state index contributed by atoms with van der Waals surface area (Å²) in [7, 11) is 0. The number of amides is 2. The highest BCUT2D eigenvalue weighted by molar-refractivity contribution is 5.70. The van der Waals surface area contributed by atoms with Crippen LogP contribution in [0.15, 0.2) is 72.8 Å². The molecular formula is C72H109FN2O9. The molecule has 3 aromatic rings. The van der Waals surface area contributed by atoms with Crippen LogP contribution in [0.2, 0.25) is 0 Å². The molecule has 0 spiro atoms. The summed E-state index contributed by atoms with van der Waals surface area (Å²) in [6.45, 7) is 28.0. The van der Waals surface area contributed by atoms with Crippen LogP contribution in [0.4, 0.5) is 14.0 Å². The molecule has 1 saturated heterocycles. The van der Waals surface area contributed by atoms with Gasteiger partial charge in [-0.2, -0.15) is 0 Å². The Labute approximate surface area is 505 Å². The van der Waals surface area contributed by atoms with Crippen molar-refractivity contribution in [3.8, 4) is 0 Å². The lowest BCUT2D eigenvalue weighted by Crippen LogP contribution is -2.44. The average Bonchev–Trinajstić information content (AvgIpc) is 2.28. The minimum atomic E-state index is -0.506. The number of fused-ring (bicyclic) bond motifs is 1. The fourth-order valence-corrected chi connectivity index (χ4v) is 15.1. The molecule has 10 rings (SSSR count). The molecule has 2 amide bonds.